The zero-order valence-electron chi connectivity index (χ0n) is 14.5. The van der Waals surface area contributed by atoms with Crippen LogP contribution in [0.4, 0.5) is 4.39 Å². The molecule has 2 N–H and O–H groups in total. The summed E-state index contributed by atoms with van der Waals surface area (Å²) >= 11 is 0. The lowest BCUT2D eigenvalue weighted by Crippen LogP contribution is -2.53. The average Bonchev–Trinajstić information content (AvgIpc) is 3.07. The fraction of sp³-hybridized carbons (Fsp3) is 0.632. The Kier molecular flexibility index (Phi) is 6.26. The van der Waals surface area contributed by atoms with Crippen molar-refractivity contribution in [2.75, 3.05) is 19.7 Å². The van der Waals surface area contributed by atoms with Gasteiger partial charge in [-0.15, -0.1) is 0 Å². The van der Waals surface area contributed by atoms with E-state index in [-0.39, 0.29) is 30.3 Å². The first-order valence-electron chi connectivity index (χ1n) is 9.24. The molecule has 1 aromatic rings. The molecule has 3 atom stereocenters. The maximum absolute atomic E-state index is 13.5. The predicted molar refractivity (Wildman–Crippen MR) is 92.9 cm³/mol. The summed E-state index contributed by atoms with van der Waals surface area (Å²) in [6.45, 7) is 1.80. The van der Waals surface area contributed by atoms with Gasteiger partial charge in [-0.05, 0) is 50.9 Å². The number of aliphatic hydroxyl groups is 1. The summed E-state index contributed by atoms with van der Waals surface area (Å²) in [5.41, 5.74) is 0. The lowest BCUT2D eigenvalue weighted by molar-refractivity contribution is -0.125. The molecule has 3 rings (SSSR count). The normalized spacial score (nSPS) is 27.7. The third kappa shape index (κ3) is 4.70. The summed E-state index contributed by atoms with van der Waals surface area (Å²) < 4.78 is 18.8. The molecule has 2 fully saturated rings. The zero-order valence-corrected chi connectivity index (χ0v) is 14.5. The molecule has 0 unspecified atom stereocenters. The Morgan fingerprint density at radius 3 is 2.68 bits per heavy atom. The topological polar surface area (TPSA) is 61.8 Å². The van der Waals surface area contributed by atoms with Gasteiger partial charge in [0.1, 0.15) is 0 Å². The van der Waals surface area contributed by atoms with Crippen molar-refractivity contribution in [3.05, 3.63) is 30.1 Å². The van der Waals surface area contributed by atoms with Crippen LogP contribution in [0.3, 0.4) is 0 Å². The second-order valence-electron chi connectivity index (χ2n) is 6.98. The molecule has 0 bridgehead atoms. The average molecular weight is 350 g/mol. The lowest BCUT2D eigenvalue weighted by Gasteiger charge is -2.34. The highest BCUT2D eigenvalue weighted by molar-refractivity contribution is 5.77. The van der Waals surface area contributed by atoms with E-state index in [4.69, 9.17) is 4.74 Å². The molecule has 1 heterocycles. The van der Waals surface area contributed by atoms with E-state index in [9.17, 15) is 14.3 Å². The maximum atomic E-state index is 13.5. The Labute approximate surface area is 148 Å². The van der Waals surface area contributed by atoms with Crippen LogP contribution in [0.5, 0.6) is 5.75 Å². The molecule has 1 aliphatic heterocycles. The van der Waals surface area contributed by atoms with Crippen LogP contribution >= 0.6 is 0 Å². The van der Waals surface area contributed by atoms with Gasteiger partial charge in [-0.2, -0.15) is 0 Å². The Morgan fingerprint density at radius 2 is 1.92 bits per heavy atom. The molecule has 0 radical (unpaired) electrons. The number of para-hydroxylation sites is 1. The van der Waals surface area contributed by atoms with E-state index in [1.165, 1.54) is 25.0 Å². The van der Waals surface area contributed by atoms with Crippen LogP contribution in [0.2, 0.25) is 0 Å². The summed E-state index contributed by atoms with van der Waals surface area (Å²) in [4.78, 5) is 14.6. The minimum absolute atomic E-state index is 0.0639. The van der Waals surface area contributed by atoms with Gasteiger partial charge in [0.2, 0.25) is 0 Å². The van der Waals surface area contributed by atoms with Gasteiger partial charge in [0, 0.05) is 6.04 Å². The highest BCUT2D eigenvalue weighted by Gasteiger charge is 2.35. The number of nitrogens with one attached hydrogen (secondary N) is 1. The summed E-state index contributed by atoms with van der Waals surface area (Å²) in [6.07, 6.45) is 5.57. The minimum atomic E-state index is -0.571. The largest absolute Gasteiger partial charge is 0.481 e. The molecule has 5 nitrogen and oxygen atoms in total. The molecule has 1 amide bonds. The first kappa shape index (κ1) is 18.1. The van der Waals surface area contributed by atoms with Crippen molar-refractivity contribution in [2.24, 2.45) is 0 Å². The van der Waals surface area contributed by atoms with Gasteiger partial charge >= 0.3 is 0 Å². The Hall–Kier alpha value is -1.66. The van der Waals surface area contributed by atoms with Crippen LogP contribution in [0.25, 0.3) is 0 Å². The number of hydrogen-bond acceptors (Lipinski definition) is 4. The number of amides is 1. The van der Waals surface area contributed by atoms with E-state index in [0.717, 1.165) is 38.8 Å². The highest BCUT2D eigenvalue weighted by atomic mass is 19.1. The van der Waals surface area contributed by atoms with Crippen LogP contribution < -0.4 is 10.1 Å². The Balaban J connectivity index is 1.54. The molecule has 1 aromatic carbocycles. The number of aliphatic hydroxyl groups excluding tert-OH is 1. The summed E-state index contributed by atoms with van der Waals surface area (Å²) in [5, 5.41) is 13.7. The van der Waals surface area contributed by atoms with Gasteiger partial charge in [0.25, 0.3) is 5.91 Å². The van der Waals surface area contributed by atoms with Crippen molar-refractivity contribution in [2.45, 2.75) is 56.7 Å². The fourth-order valence-electron chi connectivity index (χ4n) is 3.91. The number of carbonyl (C=O) groups is 1. The van der Waals surface area contributed by atoms with Crippen molar-refractivity contribution >= 4 is 5.91 Å². The van der Waals surface area contributed by atoms with E-state index in [2.05, 4.69) is 10.2 Å². The third-order valence-electron chi connectivity index (χ3n) is 5.22. The number of carbonyl (C=O) groups excluding carboxylic acids is 1. The van der Waals surface area contributed by atoms with Gasteiger partial charge in [0.05, 0.1) is 12.1 Å². The number of halogens is 1. The fourth-order valence-corrected chi connectivity index (χ4v) is 3.91. The molecule has 0 spiro atoms. The molecule has 1 aliphatic carbocycles. The molecule has 138 valence electrons. The van der Waals surface area contributed by atoms with E-state index in [1.807, 2.05) is 0 Å². The molecule has 6 heteroatoms. The Bertz CT molecular complexity index is 578. The van der Waals surface area contributed by atoms with Crippen LogP contribution in [0.1, 0.15) is 38.5 Å². The molecule has 1 saturated carbocycles. The van der Waals surface area contributed by atoms with Crippen molar-refractivity contribution < 1.29 is 19.0 Å². The smallest absolute Gasteiger partial charge is 0.258 e. The van der Waals surface area contributed by atoms with Gasteiger partial charge < -0.3 is 15.2 Å². The quantitative estimate of drug-likeness (QED) is 0.799. The number of nitrogens with zero attached hydrogens (tertiary/aromatic N) is 1. The van der Waals surface area contributed by atoms with Crippen LogP contribution in [0, 0.1) is 5.82 Å². The van der Waals surface area contributed by atoms with Crippen molar-refractivity contribution in [3.8, 4) is 5.75 Å². The van der Waals surface area contributed by atoms with Crippen molar-refractivity contribution in [1.82, 2.24) is 10.2 Å². The SMILES string of the molecule is O=C(COc1ccccc1F)N[C@@H]1CCCC[C@@H](N2CCCC2)[C@@H]1O. The summed E-state index contributed by atoms with van der Waals surface area (Å²) in [7, 11) is 0. The third-order valence-corrected chi connectivity index (χ3v) is 5.22. The first-order valence-corrected chi connectivity index (χ1v) is 9.24. The molecular formula is C19H27FN2O3. The Morgan fingerprint density at radius 1 is 1.20 bits per heavy atom. The number of ether oxygens (including phenoxy) is 1. The minimum Gasteiger partial charge on any atom is -0.481 e. The van der Waals surface area contributed by atoms with Crippen molar-refractivity contribution in [3.63, 3.8) is 0 Å². The molecular weight excluding hydrogens is 323 g/mol. The van der Waals surface area contributed by atoms with Gasteiger partial charge in [-0.3, -0.25) is 9.69 Å². The van der Waals surface area contributed by atoms with E-state index >= 15 is 0 Å². The van der Waals surface area contributed by atoms with E-state index < -0.39 is 11.9 Å². The maximum Gasteiger partial charge on any atom is 0.258 e. The zero-order chi connectivity index (χ0) is 17.6. The van der Waals surface area contributed by atoms with Crippen LogP contribution in [-0.4, -0.2) is 53.8 Å². The van der Waals surface area contributed by atoms with Gasteiger partial charge in [-0.1, -0.05) is 25.0 Å². The van der Waals surface area contributed by atoms with Crippen molar-refractivity contribution in [1.29, 1.82) is 0 Å². The number of likely N-dealkylation sites (tertiary alicyclic amines) is 1. The van der Waals surface area contributed by atoms with Gasteiger partial charge in [0.15, 0.2) is 18.2 Å². The molecule has 25 heavy (non-hydrogen) atoms. The summed E-state index contributed by atoms with van der Waals surface area (Å²) in [5.74, 6) is -0.748. The monoisotopic (exact) mass is 350 g/mol. The number of benzene rings is 1. The number of rotatable bonds is 5. The van der Waals surface area contributed by atoms with E-state index in [1.54, 1.807) is 12.1 Å². The molecule has 1 saturated heterocycles. The van der Waals surface area contributed by atoms with E-state index in [0.29, 0.717) is 0 Å². The predicted octanol–water partition coefficient (Wildman–Crippen LogP) is 2.09. The van der Waals surface area contributed by atoms with Crippen LogP contribution in [0.15, 0.2) is 24.3 Å². The second-order valence-corrected chi connectivity index (χ2v) is 6.98. The standard InChI is InChI=1S/C19H27FN2O3/c20-14-7-1-4-10-17(14)25-13-18(23)21-15-8-2-3-9-16(19(15)24)22-11-5-6-12-22/h1,4,7,10,15-16,19,24H,2-3,5-6,8-9,11-13H2,(H,21,23)/t15-,16-,19-/m1/s1. The van der Waals surface area contributed by atoms with Crippen LogP contribution in [-0.2, 0) is 4.79 Å². The highest BCUT2D eigenvalue weighted by Crippen LogP contribution is 2.26. The first-order chi connectivity index (χ1) is 12.1. The molecule has 0 aromatic heterocycles. The molecule has 2 aliphatic rings. The second kappa shape index (κ2) is 8.63. The van der Waals surface area contributed by atoms with Gasteiger partial charge in [-0.25, -0.2) is 4.39 Å². The lowest BCUT2D eigenvalue weighted by atomic mass is 10.0. The summed E-state index contributed by atoms with van der Waals surface area (Å²) in [6, 6.07) is 5.86. The number of hydrogen-bond donors (Lipinski definition) is 2.